The van der Waals surface area contributed by atoms with E-state index in [2.05, 4.69) is 20.4 Å². The molecule has 4 saturated carbocycles. The third kappa shape index (κ3) is 0.987. The van der Waals surface area contributed by atoms with Crippen LogP contribution in [0.5, 0.6) is 0 Å². The van der Waals surface area contributed by atoms with Gasteiger partial charge in [0.2, 0.25) is 0 Å². The van der Waals surface area contributed by atoms with Crippen LogP contribution in [0, 0.1) is 23.7 Å². The molecule has 0 heterocycles. The van der Waals surface area contributed by atoms with Crippen LogP contribution in [0.1, 0.15) is 32.1 Å². The molecule has 1 heteroatoms. The van der Waals surface area contributed by atoms with Crippen LogP contribution >= 0.6 is 0 Å². The summed E-state index contributed by atoms with van der Waals surface area (Å²) in [5, 5.41) is 0. The molecule has 0 unspecified atom stereocenters. The Labute approximate surface area is 80.5 Å². The number of hydrogen-bond acceptors (Lipinski definition) is 0. The van der Waals surface area contributed by atoms with Crippen LogP contribution in [-0.4, -0.2) is 0 Å². The normalized spacial score (nSPS) is 60.1. The van der Waals surface area contributed by atoms with E-state index >= 15 is 0 Å². The molecule has 0 aliphatic heterocycles. The van der Waals surface area contributed by atoms with Gasteiger partial charge in [-0.3, -0.25) is 0 Å². The molecular weight excluding hydrogens is 168 g/mol. The quantitative estimate of drug-likeness (QED) is 0.506. The predicted molar refractivity (Wildman–Crippen MR) is 40.8 cm³/mol. The Hall–Kier alpha value is 0.714. The van der Waals surface area contributed by atoms with Gasteiger partial charge in [-0.25, -0.2) is 0 Å². The van der Waals surface area contributed by atoms with Crippen molar-refractivity contribution in [2.45, 2.75) is 36.3 Å². The van der Waals surface area contributed by atoms with E-state index in [-0.39, 0.29) is 0 Å². The van der Waals surface area contributed by atoms with Gasteiger partial charge in [-0.15, -0.1) is 0 Å². The first-order valence-electron chi connectivity index (χ1n) is 5.04. The van der Waals surface area contributed by atoms with Gasteiger partial charge < -0.3 is 0 Å². The van der Waals surface area contributed by atoms with Crippen LogP contribution in [-0.2, 0) is 20.4 Å². The average molecular weight is 183 g/mol. The van der Waals surface area contributed by atoms with Gasteiger partial charge in [-0.05, 0) is 0 Å². The van der Waals surface area contributed by atoms with Crippen molar-refractivity contribution in [2.75, 3.05) is 0 Å². The van der Waals surface area contributed by atoms with Gasteiger partial charge in [0, 0.05) is 0 Å². The maximum absolute atomic E-state index is 2.51. The Bertz CT molecular complexity index is 148. The molecule has 4 aliphatic rings. The van der Waals surface area contributed by atoms with E-state index in [1.807, 2.05) is 0 Å². The van der Waals surface area contributed by atoms with E-state index in [9.17, 15) is 0 Å². The molecule has 11 heavy (non-hydrogen) atoms. The topological polar surface area (TPSA) is 0 Å². The summed E-state index contributed by atoms with van der Waals surface area (Å²) in [5.41, 5.74) is 0. The summed E-state index contributed by atoms with van der Waals surface area (Å²) in [6.07, 6.45) is 7.96. The van der Waals surface area contributed by atoms with Crippen LogP contribution in [0.2, 0.25) is 4.22 Å². The van der Waals surface area contributed by atoms with Crippen molar-refractivity contribution in [3.8, 4) is 0 Å². The zero-order valence-corrected chi connectivity index (χ0v) is 8.48. The first-order valence-corrected chi connectivity index (χ1v) is 5.94. The standard InChI is InChI=1S/C10H15.Ti/c1-7-2-9-4-8(1)5-10(3-7)6-9;/h1,7-10H,2-6H2;. The second kappa shape index (κ2) is 2.36. The van der Waals surface area contributed by atoms with Crippen LogP contribution in [0.3, 0.4) is 0 Å². The Kier molecular flexibility index (Phi) is 1.53. The van der Waals surface area contributed by atoms with Gasteiger partial charge in [0.15, 0.2) is 0 Å². The summed E-state index contributed by atoms with van der Waals surface area (Å²) < 4.78 is 1.09. The summed E-state index contributed by atoms with van der Waals surface area (Å²) in [6.45, 7) is 0. The summed E-state index contributed by atoms with van der Waals surface area (Å²) in [5.74, 6) is 4.61. The molecular formula is C10H15Ti. The summed E-state index contributed by atoms with van der Waals surface area (Å²) >= 11 is 2.51. The summed E-state index contributed by atoms with van der Waals surface area (Å²) in [7, 11) is 0. The first-order chi connectivity index (χ1) is 5.33. The number of hydrogen-bond donors (Lipinski definition) is 0. The molecule has 4 fully saturated rings. The summed E-state index contributed by atoms with van der Waals surface area (Å²) in [6, 6.07) is 0. The van der Waals surface area contributed by atoms with Crippen molar-refractivity contribution < 1.29 is 20.4 Å². The molecule has 0 nitrogen and oxygen atoms in total. The molecule has 0 radical (unpaired) electrons. The third-order valence-corrected chi connectivity index (χ3v) is 5.70. The van der Waals surface area contributed by atoms with E-state index in [4.69, 9.17) is 0 Å². The van der Waals surface area contributed by atoms with Crippen molar-refractivity contribution in [2.24, 2.45) is 23.7 Å². The molecule has 0 N–H and O–H groups in total. The van der Waals surface area contributed by atoms with Crippen molar-refractivity contribution >= 4 is 0 Å². The minimum atomic E-state index is 1.09. The van der Waals surface area contributed by atoms with Crippen molar-refractivity contribution in [3.63, 3.8) is 0 Å². The van der Waals surface area contributed by atoms with Crippen molar-refractivity contribution in [3.05, 3.63) is 0 Å². The zero-order chi connectivity index (χ0) is 7.42. The molecule has 0 spiro atoms. The van der Waals surface area contributed by atoms with E-state index in [1.54, 1.807) is 32.1 Å². The Morgan fingerprint density at radius 1 is 0.727 bits per heavy atom. The average Bonchev–Trinajstić information content (AvgIpc) is 1.98. The fraction of sp³-hybridized carbons (Fsp3) is 1.00. The van der Waals surface area contributed by atoms with Crippen molar-refractivity contribution in [1.82, 2.24) is 0 Å². The van der Waals surface area contributed by atoms with Crippen molar-refractivity contribution in [1.29, 1.82) is 0 Å². The molecule has 0 aromatic carbocycles. The fourth-order valence-electron chi connectivity index (χ4n) is 3.93. The Morgan fingerprint density at radius 2 is 1.18 bits per heavy atom. The SMILES string of the molecule is [Ti][CH]1C2CC3CC(C2)CC1C3. The Balaban J connectivity index is 1.91. The molecule has 4 bridgehead atoms. The Morgan fingerprint density at radius 3 is 1.64 bits per heavy atom. The van der Waals surface area contributed by atoms with Crippen LogP contribution in [0.25, 0.3) is 0 Å². The molecule has 0 aromatic heterocycles. The molecule has 4 aliphatic carbocycles. The monoisotopic (exact) mass is 183 g/mol. The van der Waals surface area contributed by atoms with Gasteiger partial charge in [0.1, 0.15) is 0 Å². The van der Waals surface area contributed by atoms with Gasteiger partial charge in [-0.2, -0.15) is 0 Å². The second-order valence-electron chi connectivity index (χ2n) is 4.96. The molecule has 59 valence electrons. The molecule has 0 saturated heterocycles. The summed E-state index contributed by atoms with van der Waals surface area (Å²) in [4.78, 5) is 0. The predicted octanol–water partition coefficient (Wildman–Crippen LogP) is 2.78. The minimum absolute atomic E-state index is 1.09. The number of rotatable bonds is 0. The van der Waals surface area contributed by atoms with Gasteiger partial charge in [0.25, 0.3) is 0 Å². The van der Waals surface area contributed by atoms with Gasteiger partial charge in [0.05, 0.1) is 0 Å². The maximum atomic E-state index is 2.51. The van der Waals surface area contributed by atoms with Gasteiger partial charge in [-0.1, -0.05) is 0 Å². The van der Waals surface area contributed by atoms with Crippen LogP contribution in [0.15, 0.2) is 0 Å². The van der Waals surface area contributed by atoms with Gasteiger partial charge >= 0.3 is 80.4 Å². The van der Waals surface area contributed by atoms with E-state index in [0.29, 0.717) is 0 Å². The molecule has 0 aromatic rings. The molecule has 0 amide bonds. The fourth-order valence-corrected chi connectivity index (χ4v) is 4.78. The second-order valence-corrected chi connectivity index (χ2v) is 6.00. The van der Waals surface area contributed by atoms with E-state index in [0.717, 1.165) is 27.9 Å². The van der Waals surface area contributed by atoms with E-state index in [1.165, 1.54) is 0 Å². The van der Waals surface area contributed by atoms with Crippen LogP contribution in [0.4, 0.5) is 0 Å². The van der Waals surface area contributed by atoms with Crippen LogP contribution < -0.4 is 0 Å². The zero-order valence-electron chi connectivity index (χ0n) is 6.92. The molecule has 0 atom stereocenters. The molecule has 4 rings (SSSR count). The first kappa shape index (κ1) is 7.15. The van der Waals surface area contributed by atoms with E-state index < -0.39 is 0 Å². The third-order valence-electron chi connectivity index (χ3n) is 4.23.